The Morgan fingerprint density at radius 2 is 1.85 bits per heavy atom. The van der Waals surface area contributed by atoms with Crippen LogP contribution in [0.4, 0.5) is 0 Å². The summed E-state index contributed by atoms with van der Waals surface area (Å²) in [7, 11) is -1.35. The van der Waals surface area contributed by atoms with Gasteiger partial charge >= 0.3 is 0 Å². The van der Waals surface area contributed by atoms with E-state index in [-0.39, 0.29) is 17.5 Å². The number of hydrogen-bond donors (Lipinski definition) is 1. The third kappa shape index (κ3) is 5.43. The van der Waals surface area contributed by atoms with E-state index in [1.165, 1.54) is 0 Å². The summed E-state index contributed by atoms with van der Waals surface area (Å²) in [6.07, 6.45) is 0.611. The summed E-state index contributed by atoms with van der Waals surface area (Å²) in [5.74, 6) is 1.19. The number of ether oxygens (including phenoxy) is 1. The molecule has 3 rings (SSSR count). The van der Waals surface area contributed by atoms with E-state index in [0.717, 1.165) is 16.9 Å². The summed E-state index contributed by atoms with van der Waals surface area (Å²) >= 11 is 5.63. The Hall–Kier alpha value is -2.12. The van der Waals surface area contributed by atoms with Crippen molar-refractivity contribution in [2.45, 2.75) is 25.6 Å². The highest BCUT2D eigenvalue weighted by Crippen LogP contribution is 2.20. The molecule has 0 aliphatic carbocycles. The van der Waals surface area contributed by atoms with Crippen molar-refractivity contribution in [3.63, 3.8) is 0 Å². The Morgan fingerprint density at radius 3 is 2.44 bits per heavy atom. The average Bonchev–Trinajstić information content (AvgIpc) is 3.05. The van der Waals surface area contributed by atoms with Crippen LogP contribution in [0.15, 0.2) is 54.6 Å². The third-order valence-corrected chi connectivity index (χ3v) is 6.84. The van der Waals surface area contributed by atoms with Gasteiger partial charge in [-0.2, -0.15) is 0 Å². The molecule has 5 nitrogen and oxygen atoms in total. The maximum Gasteiger partial charge on any atom is 0.169 e. The topological polar surface area (TPSA) is 58.6 Å². The van der Waals surface area contributed by atoms with Crippen molar-refractivity contribution >= 4 is 27.2 Å². The van der Waals surface area contributed by atoms with Crippen molar-refractivity contribution in [2.75, 3.05) is 18.6 Å². The molecule has 2 aromatic carbocycles. The first-order chi connectivity index (χ1) is 13.0. The Labute approximate surface area is 166 Å². The van der Waals surface area contributed by atoms with Crippen molar-refractivity contribution in [1.82, 2.24) is 10.2 Å². The van der Waals surface area contributed by atoms with Crippen LogP contribution in [0.2, 0.25) is 0 Å². The normalized spacial score (nSPS) is 18.0. The highest BCUT2D eigenvalue weighted by molar-refractivity contribution is 7.91. The number of nitrogens with zero attached hydrogens (tertiary/aromatic N) is 1. The van der Waals surface area contributed by atoms with Crippen LogP contribution in [0.25, 0.3) is 0 Å². The summed E-state index contributed by atoms with van der Waals surface area (Å²) in [5, 5.41) is 3.86. The summed E-state index contributed by atoms with van der Waals surface area (Å²) in [6, 6.07) is 17.7. The molecule has 1 aliphatic rings. The van der Waals surface area contributed by atoms with Gasteiger partial charge in [0, 0.05) is 19.1 Å². The molecule has 1 fully saturated rings. The van der Waals surface area contributed by atoms with Crippen LogP contribution in [0.1, 0.15) is 17.5 Å². The van der Waals surface area contributed by atoms with E-state index in [2.05, 4.69) is 5.32 Å². The van der Waals surface area contributed by atoms with Crippen molar-refractivity contribution < 1.29 is 13.2 Å². The minimum atomic E-state index is -2.98. The maximum atomic E-state index is 12.0. The van der Waals surface area contributed by atoms with Gasteiger partial charge in [-0.3, -0.25) is 0 Å². The smallest absolute Gasteiger partial charge is 0.169 e. The van der Waals surface area contributed by atoms with Crippen LogP contribution in [-0.4, -0.2) is 43.1 Å². The van der Waals surface area contributed by atoms with Gasteiger partial charge in [0.25, 0.3) is 0 Å². The van der Waals surface area contributed by atoms with Crippen LogP contribution in [-0.2, 0) is 22.9 Å². The molecule has 2 aromatic rings. The van der Waals surface area contributed by atoms with Crippen LogP contribution in [0.5, 0.6) is 5.75 Å². The molecule has 1 saturated heterocycles. The van der Waals surface area contributed by atoms with E-state index in [1.54, 1.807) is 7.11 Å². The first-order valence-electron chi connectivity index (χ1n) is 8.88. The summed E-state index contributed by atoms with van der Waals surface area (Å²) in [4.78, 5) is 2.01. The zero-order chi connectivity index (χ0) is 19.3. The molecule has 1 heterocycles. The fraction of sp³-hybridized carbons (Fsp3) is 0.350. The van der Waals surface area contributed by atoms with E-state index in [0.29, 0.717) is 24.6 Å². The molecule has 0 radical (unpaired) electrons. The van der Waals surface area contributed by atoms with Gasteiger partial charge in [0.15, 0.2) is 14.9 Å². The number of thiocarbonyl (C=S) groups is 1. The lowest BCUT2D eigenvalue weighted by atomic mass is 10.1. The number of sulfone groups is 1. The fourth-order valence-corrected chi connectivity index (χ4v) is 5.21. The number of nitrogens with one attached hydrogen (secondary N) is 1. The van der Waals surface area contributed by atoms with Crippen LogP contribution in [0.3, 0.4) is 0 Å². The second-order valence-corrected chi connectivity index (χ2v) is 9.29. The van der Waals surface area contributed by atoms with Gasteiger partial charge in [0.2, 0.25) is 0 Å². The molecule has 1 aliphatic heterocycles. The number of rotatable bonds is 6. The minimum absolute atomic E-state index is 0.0916. The van der Waals surface area contributed by atoms with Gasteiger partial charge < -0.3 is 15.0 Å². The summed E-state index contributed by atoms with van der Waals surface area (Å²) in [5.41, 5.74) is 2.19. The quantitative estimate of drug-likeness (QED) is 0.747. The molecule has 144 valence electrons. The molecule has 27 heavy (non-hydrogen) atoms. The van der Waals surface area contributed by atoms with Gasteiger partial charge in [0.05, 0.1) is 18.6 Å². The molecule has 1 N–H and O–H groups in total. The van der Waals surface area contributed by atoms with E-state index >= 15 is 0 Å². The van der Waals surface area contributed by atoms with Gasteiger partial charge in [-0.25, -0.2) is 8.42 Å². The molecule has 0 spiro atoms. The van der Waals surface area contributed by atoms with Crippen molar-refractivity contribution in [3.05, 3.63) is 65.7 Å². The fourth-order valence-electron chi connectivity index (χ4n) is 3.19. The Balaban J connectivity index is 1.69. The number of benzene rings is 2. The Bertz CT molecular complexity index is 868. The first-order valence-corrected chi connectivity index (χ1v) is 11.1. The van der Waals surface area contributed by atoms with E-state index in [4.69, 9.17) is 17.0 Å². The molecule has 1 atom stereocenters. The highest BCUT2D eigenvalue weighted by Gasteiger charge is 2.33. The van der Waals surface area contributed by atoms with Gasteiger partial charge in [0.1, 0.15) is 5.75 Å². The summed E-state index contributed by atoms with van der Waals surface area (Å²) in [6.45, 7) is 1.17. The lowest BCUT2D eigenvalue weighted by molar-refractivity contribution is 0.322. The molecule has 0 amide bonds. The standard InChI is InChI=1S/C20H24N2O3S2/c1-25-19-9-7-16(8-10-19)13-21-20(26)22(14-17-5-3-2-4-6-17)18-11-12-27(23,24)15-18/h2-10,18H,11-15H2,1H3,(H,21,26)/t18-/m0/s1. The predicted molar refractivity (Wildman–Crippen MR) is 111 cm³/mol. The molecule has 0 unspecified atom stereocenters. The largest absolute Gasteiger partial charge is 0.497 e. The second kappa shape index (κ2) is 8.71. The average molecular weight is 405 g/mol. The highest BCUT2D eigenvalue weighted by atomic mass is 32.2. The zero-order valence-corrected chi connectivity index (χ0v) is 16.9. The zero-order valence-electron chi connectivity index (χ0n) is 15.3. The van der Waals surface area contributed by atoms with Crippen LogP contribution < -0.4 is 10.1 Å². The van der Waals surface area contributed by atoms with Crippen molar-refractivity contribution in [3.8, 4) is 5.75 Å². The molecule has 7 heteroatoms. The molecular formula is C20H24N2O3S2. The van der Waals surface area contributed by atoms with E-state index in [9.17, 15) is 8.42 Å². The lowest BCUT2D eigenvalue weighted by Crippen LogP contribution is -2.45. The second-order valence-electron chi connectivity index (χ2n) is 6.68. The molecule has 0 saturated carbocycles. The molecule has 0 bridgehead atoms. The van der Waals surface area contributed by atoms with E-state index in [1.807, 2.05) is 59.5 Å². The molecular weight excluding hydrogens is 380 g/mol. The predicted octanol–water partition coefficient (Wildman–Crippen LogP) is 2.76. The SMILES string of the molecule is COc1ccc(CNC(=S)N(Cc2ccccc2)[C@H]2CCS(=O)(=O)C2)cc1. The summed E-state index contributed by atoms with van der Waals surface area (Å²) < 4.78 is 29.1. The maximum absolute atomic E-state index is 12.0. The Morgan fingerprint density at radius 1 is 1.15 bits per heavy atom. The lowest BCUT2D eigenvalue weighted by Gasteiger charge is -2.31. The number of hydrogen-bond acceptors (Lipinski definition) is 4. The van der Waals surface area contributed by atoms with Crippen LogP contribution >= 0.6 is 12.2 Å². The van der Waals surface area contributed by atoms with Gasteiger partial charge in [-0.05, 0) is 41.9 Å². The monoisotopic (exact) mass is 404 g/mol. The first kappa shape index (κ1) is 19.6. The minimum Gasteiger partial charge on any atom is -0.497 e. The molecule has 0 aromatic heterocycles. The van der Waals surface area contributed by atoms with E-state index < -0.39 is 9.84 Å². The Kier molecular flexibility index (Phi) is 6.34. The van der Waals surface area contributed by atoms with Crippen LogP contribution in [0, 0.1) is 0 Å². The van der Waals surface area contributed by atoms with Gasteiger partial charge in [-0.15, -0.1) is 0 Å². The van der Waals surface area contributed by atoms with Crippen molar-refractivity contribution in [1.29, 1.82) is 0 Å². The van der Waals surface area contributed by atoms with Gasteiger partial charge in [-0.1, -0.05) is 42.5 Å². The van der Waals surface area contributed by atoms with Crippen molar-refractivity contribution in [2.24, 2.45) is 0 Å². The number of methoxy groups -OCH3 is 1. The third-order valence-electron chi connectivity index (χ3n) is 4.71.